The number of carbonyl (C=O) groups is 1. The highest BCUT2D eigenvalue weighted by Gasteiger charge is 2.29. The van der Waals surface area contributed by atoms with Crippen LogP contribution in [0.5, 0.6) is 0 Å². The van der Waals surface area contributed by atoms with Gasteiger partial charge < -0.3 is 15.2 Å². The highest BCUT2D eigenvalue weighted by molar-refractivity contribution is 5.79. The van der Waals surface area contributed by atoms with E-state index < -0.39 is 0 Å². The van der Waals surface area contributed by atoms with Gasteiger partial charge in [0.1, 0.15) is 6.61 Å². The highest BCUT2D eigenvalue weighted by atomic mass is 16.5. The molecule has 0 saturated carbocycles. The molecule has 28 heavy (non-hydrogen) atoms. The number of nitrogens with zero attached hydrogens (tertiary/aromatic N) is 1. The van der Waals surface area contributed by atoms with Gasteiger partial charge >= 0.3 is 6.09 Å². The van der Waals surface area contributed by atoms with Gasteiger partial charge in [0.15, 0.2) is 0 Å². The smallest absolute Gasteiger partial charge is 0.407 e. The van der Waals surface area contributed by atoms with Crippen LogP contribution in [0.3, 0.4) is 0 Å². The monoisotopic (exact) mass is 380 g/mol. The van der Waals surface area contributed by atoms with Gasteiger partial charge in [-0.25, -0.2) is 4.79 Å². The molecule has 2 aliphatic rings. The number of aliphatic hydroxyl groups is 1. The van der Waals surface area contributed by atoms with Crippen molar-refractivity contribution >= 4 is 6.09 Å². The summed E-state index contributed by atoms with van der Waals surface area (Å²) in [6, 6.07) is 17.0. The number of benzene rings is 2. The summed E-state index contributed by atoms with van der Waals surface area (Å²) in [5.74, 6) is 0.0821. The minimum absolute atomic E-state index is 0.0821. The van der Waals surface area contributed by atoms with Crippen molar-refractivity contribution in [2.75, 3.05) is 32.8 Å². The minimum atomic E-state index is -0.364. The van der Waals surface area contributed by atoms with Crippen LogP contribution in [0.2, 0.25) is 0 Å². The van der Waals surface area contributed by atoms with Crippen LogP contribution >= 0.6 is 0 Å². The molecule has 1 aliphatic heterocycles. The molecular formula is C23H28N2O3. The van der Waals surface area contributed by atoms with Crippen molar-refractivity contribution in [1.29, 1.82) is 0 Å². The first-order chi connectivity index (χ1) is 13.8. The molecule has 1 aliphatic carbocycles. The maximum absolute atomic E-state index is 12.3. The lowest BCUT2D eigenvalue weighted by Crippen LogP contribution is -2.47. The van der Waals surface area contributed by atoms with E-state index in [0.717, 1.165) is 19.4 Å². The number of likely N-dealkylation sites (tertiary alicyclic amines) is 1. The Morgan fingerprint density at radius 2 is 1.75 bits per heavy atom. The molecule has 1 heterocycles. The number of piperidine rings is 1. The topological polar surface area (TPSA) is 61.8 Å². The molecule has 0 bridgehead atoms. The van der Waals surface area contributed by atoms with Gasteiger partial charge in [-0.2, -0.15) is 0 Å². The lowest BCUT2D eigenvalue weighted by molar-refractivity contribution is 0.107. The second kappa shape index (κ2) is 8.76. The number of amides is 1. The molecule has 5 heteroatoms. The molecule has 1 fully saturated rings. The van der Waals surface area contributed by atoms with Crippen molar-refractivity contribution in [2.45, 2.75) is 31.2 Å². The normalized spacial score (nSPS) is 19.1. The molecule has 148 valence electrons. The molecule has 1 amide bonds. The summed E-state index contributed by atoms with van der Waals surface area (Å²) in [6.45, 7) is 2.71. The Labute approximate surface area is 166 Å². The third-order valence-corrected chi connectivity index (χ3v) is 5.96. The molecule has 2 aromatic rings. The average Bonchev–Trinajstić information content (AvgIpc) is 3.06. The van der Waals surface area contributed by atoms with E-state index in [4.69, 9.17) is 4.74 Å². The Morgan fingerprint density at radius 3 is 2.43 bits per heavy atom. The van der Waals surface area contributed by atoms with E-state index in [2.05, 4.69) is 34.5 Å². The Hall–Kier alpha value is -2.37. The highest BCUT2D eigenvalue weighted by Crippen LogP contribution is 2.44. The van der Waals surface area contributed by atoms with E-state index in [1.54, 1.807) is 0 Å². The Bertz CT molecular complexity index is 775. The number of β-amino-alcohol motifs (C(OH)–C–C–N with tert-alkyl or cyclic N) is 1. The van der Waals surface area contributed by atoms with Crippen LogP contribution in [0.15, 0.2) is 48.5 Å². The van der Waals surface area contributed by atoms with Crippen molar-refractivity contribution in [2.24, 2.45) is 0 Å². The predicted octanol–water partition coefficient (Wildman–Crippen LogP) is 3.37. The number of alkyl carbamates (subject to hydrolysis) is 1. The number of fused-ring (bicyclic) bond motifs is 3. The molecule has 1 saturated heterocycles. The summed E-state index contributed by atoms with van der Waals surface area (Å²) >= 11 is 0. The second-order valence-electron chi connectivity index (χ2n) is 7.62. The zero-order valence-electron chi connectivity index (χ0n) is 16.1. The maximum atomic E-state index is 12.3. The molecule has 0 aromatic heterocycles. The van der Waals surface area contributed by atoms with Gasteiger partial charge in [0.2, 0.25) is 0 Å². The van der Waals surface area contributed by atoms with Gasteiger partial charge in [0.05, 0.1) is 6.61 Å². The summed E-state index contributed by atoms with van der Waals surface area (Å²) in [7, 11) is 0. The fraction of sp³-hybridized carbons (Fsp3) is 0.435. The van der Waals surface area contributed by atoms with Gasteiger partial charge in [-0.05, 0) is 41.6 Å². The van der Waals surface area contributed by atoms with Crippen LogP contribution in [0.25, 0.3) is 11.1 Å². The quantitative estimate of drug-likeness (QED) is 0.807. The zero-order chi connectivity index (χ0) is 19.3. The van der Waals surface area contributed by atoms with E-state index >= 15 is 0 Å². The fourth-order valence-corrected chi connectivity index (χ4v) is 4.56. The van der Waals surface area contributed by atoms with Gasteiger partial charge in [-0.3, -0.25) is 4.90 Å². The number of aliphatic hydroxyl groups excluding tert-OH is 1. The first kappa shape index (κ1) is 19.0. The predicted molar refractivity (Wildman–Crippen MR) is 109 cm³/mol. The van der Waals surface area contributed by atoms with Crippen molar-refractivity contribution in [3.8, 4) is 11.1 Å². The largest absolute Gasteiger partial charge is 0.449 e. The van der Waals surface area contributed by atoms with Crippen LogP contribution in [-0.2, 0) is 4.74 Å². The number of carbonyl (C=O) groups excluding carboxylic acids is 1. The molecule has 2 N–H and O–H groups in total. The summed E-state index contributed by atoms with van der Waals surface area (Å²) in [5.41, 5.74) is 4.90. The first-order valence-corrected chi connectivity index (χ1v) is 10.2. The number of hydrogen-bond acceptors (Lipinski definition) is 4. The molecule has 0 radical (unpaired) electrons. The minimum Gasteiger partial charge on any atom is -0.449 e. The SMILES string of the molecule is O=C(NCC1CCCCN1CCO)OCC1c2ccccc2-c2ccccc21. The number of ether oxygens (including phenoxy) is 1. The standard InChI is InChI=1S/C23H28N2O3/c26-14-13-25-12-6-5-7-17(25)15-24-23(27)28-16-22-20-10-3-1-8-18(20)19-9-2-4-11-21(19)22/h1-4,8-11,17,22,26H,5-7,12-16H2,(H,24,27). The van der Waals surface area contributed by atoms with Gasteiger partial charge in [-0.1, -0.05) is 55.0 Å². The average molecular weight is 380 g/mol. The second-order valence-corrected chi connectivity index (χ2v) is 7.62. The van der Waals surface area contributed by atoms with Crippen LogP contribution in [0, 0.1) is 0 Å². The Kier molecular flexibility index (Phi) is 5.93. The first-order valence-electron chi connectivity index (χ1n) is 10.2. The zero-order valence-corrected chi connectivity index (χ0v) is 16.1. The van der Waals surface area contributed by atoms with Crippen molar-refractivity contribution in [1.82, 2.24) is 10.2 Å². The maximum Gasteiger partial charge on any atom is 0.407 e. The third-order valence-electron chi connectivity index (χ3n) is 5.96. The van der Waals surface area contributed by atoms with E-state index in [9.17, 15) is 9.90 Å². The third kappa shape index (κ3) is 3.91. The Morgan fingerprint density at radius 1 is 1.07 bits per heavy atom. The fourth-order valence-electron chi connectivity index (χ4n) is 4.56. The van der Waals surface area contributed by atoms with Crippen molar-refractivity contribution < 1.29 is 14.6 Å². The van der Waals surface area contributed by atoms with Crippen LogP contribution < -0.4 is 5.32 Å². The van der Waals surface area contributed by atoms with E-state index in [1.807, 2.05) is 24.3 Å². The molecule has 5 nitrogen and oxygen atoms in total. The molecule has 1 unspecified atom stereocenters. The van der Waals surface area contributed by atoms with Crippen molar-refractivity contribution in [3.05, 3.63) is 59.7 Å². The van der Waals surface area contributed by atoms with Crippen LogP contribution in [0.1, 0.15) is 36.3 Å². The van der Waals surface area contributed by atoms with Crippen molar-refractivity contribution in [3.63, 3.8) is 0 Å². The molecule has 1 atom stereocenters. The summed E-state index contributed by atoms with van der Waals surface area (Å²) in [4.78, 5) is 14.6. The lowest BCUT2D eigenvalue weighted by atomic mass is 9.98. The van der Waals surface area contributed by atoms with Gasteiger partial charge in [0.25, 0.3) is 0 Å². The van der Waals surface area contributed by atoms with Crippen LogP contribution in [0.4, 0.5) is 4.79 Å². The van der Waals surface area contributed by atoms with E-state index in [-0.39, 0.29) is 24.7 Å². The van der Waals surface area contributed by atoms with E-state index in [0.29, 0.717) is 19.7 Å². The Balaban J connectivity index is 1.35. The lowest BCUT2D eigenvalue weighted by Gasteiger charge is -2.35. The molecule has 0 spiro atoms. The number of hydrogen-bond donors (Lipinski definition) is 2. The van der Waals surface area contributed by atoms with E-state index in [1.165, 1.54) is 28.7 Å². The number of nitrogens with one attached hydrogen (secondary N) is 1. The molecular weight excluding hydrogens is 352 g/mol. The molecule has 2 aromatic carbocycles. The van der Waals surface area contributed by atoms with Gasteiger partial charge in [-0.15, -0.1) is 0 Å². The van der Waals surface area contributed by atoms with Crippen LogP contribution in [-0.4, -0.2) is 55.0 Å². The molecule has 4 rings (SSSR count). The van der Waals surface area contributed by atoms with Gasteiger partial charge in [0, 0.05) is 25.0 Å². The number of rotatable bonds is 6. The summed E-state index contributed by atoms with van der Waals surface area (Å²) in [6.07, 6.45) is 3.00. The summed E-state index contributed by atoms with van der Waals surface area (Å²) < 4.78 is 5.61. The summed E-state index contributed by atoms with van der Waals surface area (Å²) in [5, 5.41) is 12.2.